The van der Waals surface area contributed by atoms with Crippen LogP contribution >= 0.6 is 15.9 Å². The van der Waals surface area contributed by atoms with Gasteiger partial charge in [-0.05, 0) is 31.5 Å². The second-order valence-electron chi connectivity index (χ2n) is 4.18. The third-order valence-electron chi connectivity index (χ3n) is 2.83. The van der Waals surface area contributed by atoms with Gasteiger partial charge in [-0.2, -0.15) is 0 Å². The van der Waals surface area contributed by atoms with E-state index in [1.165, 1.54) is 6.92 Å². The molecule has 2 rings (SSSR count). The fourth-order valence-corrected chi connectivity index (χ4v) is 2.51. The molecular weight excluding hydrogens is 296 g/mol. The van der Waals surface area contributed by atoms with Gasteiger partial charge in [0.05, 0.1) is 6.04 Å². The Morgan fingerprint density at radius 1 is 1.39 bits per heavy atom. The minimum atomic E-state index is -0.395. The molecule has 1 aliphatic rings. The fourth-order valence-electron chi connectivity index (χ4n) is 2.10. The van der Waals surface area contributed by atoms with E-state index in [1.54, 1.807) is 6.92 Å². The first-order valence-electron chi connectivity index (χ1n) is 5.53. The van der Waals surface area contributed by atoms with Crippen LogP contribution in [0.1, 0.15) is 25.5 Å². The van der Waals surface area contributed by atoms with Crippen molar-refractivity contribution >= 4 is 27.7 Å². The number of nitrogens with one attached hydrogen (secondary N) is 2. The van der Waals surface area contributed by atoms with Gasteiger partial charge < -0.3 is 10.6 Å². The highest BCUT2D eigenvalue weighted by Gasteiger charge is 2.28. The maximum Gasteiger partial charge on any atom is 0.319 e. The SMILES string of the molecule is CC(=O)C1=C(C)NC(=O)N[C@H]1c1cccc(Br)c1. The summed E-state index contributed by atoms with van der Waals surface area (Å²) in [5.41, 5.74) is 2.08. The molecule has 0 saturated heterocycles. The summed E-state index contributed by atoms with van der Waals surface area (Å²) in [6.45, 7) is 3.24. The van der Waals surface area contributed by atoms with Crippen LogP contribution in [-0.2, 0) is 4.79 Å². The minimum absolute atomic E-state index is 0.0509. The average molecular weight is 309 g/mol. The fraction of sp³-hybridized carbons (Fsp3) is 0.231. The molecule has 1 aromatic carbocycles. The van der Waals surface area contributed by atoms with Gasteiger partial charge in [0.1, 0.15) is 0 Å². The third kappa shape index (κ3) is 2.46. The van der Waals surface area contributed by atoms with Crippen molar-refractivity contribution in [3.63, 3.8) is 0 Å². The van der Waals surface area contributed by atoms with Crippen molar-refractivity contribution in [2.45, 2.75) is 19.9 Å². The molecule has 18 heavy (non-hydrogen) atoms. The number of carbonyl (C=O) groups excluding carboxylic acids is 2. The topological polar surface area (TPSA) is 58.2 Å². The molecule has 4 nitrogen and oxygen atoms in total. The quantitative estimate of drug-likeness (QED) is 0.882. The second-order valence-corrected chi connectivity index (χ2v) is 5.10. The number of amides is 2. The number of allylic oxidation sites excluding steroid dienone is 1. The van der Waals surface area contributed by atoms with E-state index in [2.05, 4.69) is 26.6 Å². The first-order valence-corrected chi connectivity index (χ1v) is 6.33. The van der Waals surface area contributed by atoms with Gasteiger partial charge in [0.15, 0.2) is 5.78 Å². The smallest absolute Gasteiger partial charge is 0.319 e. The Hall–Kier alpha value is -1.62. The molecule has 2 amide bonds. The highest BCUT2D eigenvalue weighted by molar-refractivity contribution is 9.10. The lowest BCUT2D eigenvalue weighted by molar-refractivity contribution is -0.114. The van der Waals surface area contributed by atoms with Crippen LogP contribution in [0, 0.1) is 0 Å². The zero-order valence-corrected chi connectivity index (χ0v) is 11.7. The van der Waals surface area contributed by atoms with E-state index in [0.29, 0.717) is 11.3 Å². The lowest BCUT2D eigenvalue weighted by atomic mass is 9.93. The Labute approximate surface area is 114 Å². The number of rotatable bonds is 2. The van der Waals surface area contributed by atoms with Gasteiger partial charge in [-0.25, -0.2) is 4.79 Å². The lowest BCUT2D eigenvalue weighted by Gasteiger charge is -2.28. The molecule has 94 valence electrons. The molecule has 0 radical (unpaired) electrons. The van der Waals surface area contributed by atoms with Crippen molar-refractivity contribution in [1.29, 1.82) is 0 Å². The first-order chi connectivity index (χ1) is 8.49. The number of urea groups is 1. The Morgan fingerprint density at radius 3 is 2.72 bits per heavy atom. The van der Waals surface area contributed by atoms with Gasteiger partial charge in [0.2, 0.25) is 0 Å². The Kier molecular flexibility index (Phi) is 3.52. The van der Waals surface area contributed by atoms with Crippen molar-refractivity contribution in [3.8, 4) is 0 Å². The summed E-state index contributed by atoms with van der Waals surface area (Å²) in [6.07, 6.45) is 0. The Bertz CT molecular complexity index is 552. The van der Waals surface area contributed by atoms with Crippen molar-refractivity contribution in [2.24, 2.45) is 0 Å². The van der Waals surface area contributed by atoms with E-state index in [1.807, 2.05) is 24.3 Å². The zero-order valence-electron chi connectivity index (χ0n) is 10.1. The van der Waals surface area contributed by atoms with Crippen LogP contribution in [-0.4, -0.2) is 11.8 Å². The van der Waals surface area contributed by atoms with Gasteiger partial charge in [-0.15, -0.1) is 0 Å². The summed E-state index contributed by atoms with van der Waals surface area (Å²) in [5.74, 6) is -0.0509. The highest BCUT2D eigenvalue weighted by atomic mass is 79.9. The normalized spacial score (nSPS) is 19.3. The molecule has 5 heteroatoms. The van der Waals surface area contributed by atoms with Crippen LogP contribution in [0.15, 0.2) is 40.0 Å². The number of hydrogen-bond donors (Lipinski definition) is 2. The number of ketones is 1. The second kappa shape index (κ2) is 4.94. The van der Waals surface area contributed by atoms with Crippen LogP contribution < -0.4 is 10.6 Å². The maximum atomic E-state index is 11.7. The zero-order chi connectivity index (χ0) is 13.3. The van der Waals surface area contributed by atoms with E-state index in [0.717, 1.165) is 10.0 Å². The maximum absolute atomic E-state index is 11.7. The molecule has 1 aromatic rings. The summed E-state index contributed by atoms with van der Waals surface area (Å²) in [7, 11) is 0. The summed E-state index contributed by atoms with van der Waals surface area (Å²) >= 11 is 3.39. The van der Waals surface area contributed by atoms with Crippen LogP contribution in [0.25, 0.3) is 0 Å². The van der Waals surface area contributed by atoms with E-state index in [9.17, 15) is 9.59 Å². The number of halogens is 1. The monoisotopic (exact) mass is 308 g/mol. The number of Topliss-reactive ketones (excluding diaryl/α,β-unsaturated/α-hetero) is 1. The molecule has 0 unspecified atom stereocenters. The van der Waals surface area contributed by atoms with Crippen LogP contribution in [0.4, 0.5) is 4.79 Å². The third-order valence-corrected chi connectivity index (χ3v) is 3.32. The standard InChI is InChI=1S/C13H13BrN2O2/c1-7-11(8(2)17)12(16-13(18)15-7)9-4-3-5-10(14)6-9/h3-6,12H,1-2H3,(H2,15,16,18)/t12-/m0/s1. The highest BCUT2D eigenvalue weighted by Crippen LogP contribution is 2.28. The molecule has 0 aromatic heterocycles. The molecule has 1 heterocycles. The van der Waals surface area contributed by atoms with Crippen LogP contribution in [0.5, 0.6) is 0 Å². The number of hydrogen-bond acceptors (Lipinski definition) is 2. The van der Waals surface area contributed by atoms with E-state index >= 15 is 0 Å². The van der Waals surface area contributed by atoms with Crippen molar-refractivity contribution in [2.75, 3.05) is 0 Å². The molecular formula is C13H13BrN2O2. The lowest BCUT2D eigenvalue weighted by Crippen LogP contribution is -2.44. The van der Waals surface area contributed by atoms with Crippen molar-refractivity contribution < 1.29 is 9.59 Å². The predicted octanol–water partition coefficient (Wildman–Crippen LogP) is 2.67. The van der Waals surface area contributed by atoms with Crippen molar-refractivity contribution in [3.05, 3.63) is 45.6 Å². The molecule has 2 N–H and O–H groups in total. The largest absolute Gasteiger partial charge is 0.327 e. The van der Waals surface area contributed by atoms with Crippen LogP contribution in [0.2, 0.25) is 0 Å². The summed E-state index contributed by atoms with van der Waals surface area (Å²) in [4.78, 5) is 23.3. The summed E-state index contributed by atoms with van der Waals surface area (Å²) < 4.78 is 0.910. The molecule has 0 saturated carbocycles. The molecule has 0 spiro atoms. The van der Waals surface area contributed by atoms with Crippen LogP contribution in [0.3, 0.4) is 0 Å². The molecule has 1 aliphatic heterocycles. The van der Waals surface area contributed by atoms with Gasteiger partial charge in [-0.3, -0.25) is 4.79 Å². The predicted molar refractivity (Wildman–Crippen MR) is 71.9 cm³/mol. The van der Waals surface area contributed by atoms with Gasteiger partial charge in [-0.1, -0.05) is 28.1 Å². The minimum Gasteiger partial charge on any atom is -0.327 e. The number of carbonyl (C=O) groups is 2. The average Bonchev–Trinajstić information content (AvgIpc) is 2.27. The molecule has 0 bridgehead atoms. The molecule has 1 atom stereocenters. The number of benzene rings is 1. The Morgan fingerprint density at radius 2 is 2.11 bits per heavy atom. The van der Waals surface area contributed by atoms with E-state index < -0.39 is 6.04 Å². The summed E-state index contributed by atoms with van der Waals surface area (Å²) in [6, 6.07) is 6.87. The van der Waals surface area contributed by atoms with Gasteiger partial charge in [0.25, 0.3) is 0 Å². The van der Waals surface area contributed by atoms with Crippen molar-refractivity contribution in [1.82, 2.24) is 10.6 Å². The van der Waals surface area contributed by atoms with E-state index in [-0.39, 0.29) is 11.8 Å². The van der Waals surface area contributed by atoms with Gasteiger partial charge in [0, 0.05) is 15.7 Å². The van der Waals surface area contributed by atoms with E-state index in [4.69, 9.17) is 0 Å². The molecule has 0 fully saturated rings. The first kappa shape index (κ1) is 12.8. The molecule has 0 aliphatic carbocycles. The Balaban J connectivity index is 2.50. The summed E-state index contributed by atoms with van der Waals surface area (Å²) in [5, 5.41) is 5.39. The van der Waals surface area contributed by atoms with Gasteiger partial charge >= 0.3 is 6.03 Å².